The molecule has 4 aliphatic rings. The fraction of sp³-hybridized carbons (Fsp3) is 0.576. The average Bonchev–Trinajstić information content (AvgIpc) is 3.77. The predicted octanol–water partition coefficient (Wildman–Crippen LogP) is 4.21. The van der Waals surface area contributed by atoms with Crippen molar-refractivity contribution in [3.05, 3.63) is 57.5 Å². The summed E-state index contributed by atoms with van der Waals surface area (Å²) in [6.07, 6.45) is 3.85. The first-order valence-corrected chi connectivity index (χ1v) is 16.2. The highest BCUT2D eigenvalue weighted by atomic mass is 32.1. The number of methoxy groups -OCH3 is 1. The largest absolute Gasteiger partial charge is 0.497 e. The Bertz CT molecular complexity index is 1420. The summed E-state index contributed by atoms with van der Waals surface area (Å²) in [5, 5.41) is 24.0. The van der Waals surface area contributed by atoms with Crippen molar-refractivity contribution < 1.29 is 43.5 Å². The molecule has 4 atom stereocenters. The standard InChI is InChI=1S/C33H41NO9S/c1-31(2,37)9-5-11-33(38,18-27(35)40-19-22-7-4-14-44-22)30(36)43-29-26(39-3)17-32-10-6-12-34(32)13-8-21-15-24-25(42-20-41-24)16-23(21)28(29)32/h4,7,14-17,28-29,37-38H,5-6,8-13,18-20H2,1-3H3/t28-,29?,32+,33?/m1/s1. The highest BCUT2D eigenvalue weighted by molar-refractivity contribution is 7.09. The molecule has 11 heteroatoms. The van der Waals surface area contributed by atoms with E-state index in [4.69, 9.17) is 23.7 Å². The zero-order valence-corrected chi connectivity index (χ0v) is 26.3. The van der Waals surface area contributed by atoms with Crippen LogP contribution in [0.4, 0.5) is 0 Å². The number of carbonyl (C=O) groups is 2. The van der Waals surface area contributed by atoms with Crippen LogP contribution in [0.5, 0.6) is 11.5 Å². The average molecular weight is 628 g/mol. The number of carbonyl (C=O) groups excluding carboxylic acids is 2. The van der Waals surface area contributed by atoms with Gasteiger partial charge in [-0.1, -0.05) is 6.07 Å². The van der Waals surface area contributed by atoms with Gasteiger partial charge in [0.1, 0.15) is 12.4 Å². The van der Waals surface area contributed by atoms with Crippen LogP contribution >= 0.6 is 11.3 Å². The Morgan fingerprint density at radius 3 is 2.68 bits per heavy atom. The molecule has 2 N–H and O–H groups in total. The lowest BCUT2D eigenvalue weighted by Crippen LogP contribution is -2.49. The molecule has 10 nitrogen and oxygen atoms in total. The second-order valence-corrected chi connectivity index (χ2v) is 13.9. The number of fused-ring (bicyclic) bond motifs is 3. The van der Waals surface area contributed by atoms with Crippen molar-refractivity contribution in [3.63, 3.8) is 0 Å². The molecule has 1 spiro atoms. The normalized spacial score (nSPS) is 25.2. The number of nitrogens with zero attached hydrogens (tertiary/aromatic N) is 1. The first kappa shape index (κ1) is 30.9. The first-order valence-electron chi connectivity index (χ1n) is 15.3. The molecule has 1 aromatic heterocycles. The lowest BCUT2D eigenvalue weighted by atomic mass is 9.77. The van der Waals surface area contributed by atoms with Crippen molar-refractivity contribution in [1.82, 2.24) is 4.90 Å². The number of aliphatic hydroxyl groups is 2. The van der Waals surface area contributed by atoms with Gasteiger partial charge in [-0.2, -0.15) is 0 Å². The minimum absolute atomic E-state index is 0.0534. The van der Waals surface area contributed by atoms with Crippen LogP contribution in [-0.2, 0) is 36.8 Å². The Kier molecular flexibility index (Phi) is 8.42. The molecule has 1 aromatic carbocycles. The minimum Gasteiger partial charge on any atom is -0.497 e. The monoisotopic (exact) mass is 627 g/mol. The lowest BCUT2D eigenvalue weighted by Gasteiger charge is -2.39. The molecular formula is C33H41NO9S. The quantitative estimate of drug-likeness (QED) is 0.350. The van der Waals surface area contributed by atoms with Crippen LogP contribution in [0.25, 0.3) is 0 Å². The van der Waals surface area contributed by atoms with Crippen LogP contribution in [-0.4, -0.2) is 76.9 Å². The molecule has 0 radical (unpaired) electrons. The Morgan fingerprint density at radius 2 is 1.95 bits per heavy atom. The van der Waals surface area contributed by atoms with Crippen molar-refractivity contribution in [3.8, 4) is 11.5 Å². The molecule has 1 fully saturated rings. The number of hydrogen-bond acceptors (Lipinski definition) is 11. The number of hydrogen-bond donors (Lipinski definition) is 2. The maximum Gasteiger partial charge on any atom is 0.339 e. The SMILES string of the molecule is COC1=C[C@]23CCCN2CCc2cc4c(cc2[C@@H]3C1OC(=O)C(O)(CCCC(C)(C)O)CC(=O)OCc1cccs1)OCO4. The molecule has 44 heavy (non-hydrogen) atoms. The number of rotatable bonds is 11. The summed E-state index contributed by atoms with van der Waals surface area (Å²) in [4.78, 5) is 30.3. The minimum atomic E-state index is -2.16. The maximum atomic E-state index is 14.1. The maximum absolute atomic E-state index is 14.1. The molecular weight excluding hydrogens is 586 g/mol. The van der Waals surface area contributed by atoms with Gasteiger partial charge in [0.05, 0.1) is 30.6 Å². The zero-order valence-electron chi connectivity index (χ0n) is 25.5. The zero-order chi connectivity index (χ0) is 31.1. The van der Waals surface area contributed by atoms with E-state index < -0.39 is 41.2 Å². The van der Waals surface area contributed by atoms with E-state index in [1.807, 2.05) is 29.6 Å². The van der Waals surface area contributed by atoms with Crippen molar-refractivity contribution in [2.45, 2.75) is 94.2 Å². The van der Waals surface area contributed by atoms with E-state index in [0.29, 0.717) is 30.1 Å². The third-order valence-electron chi connectivity index (χ3n) is 9.35. The van der Waals surface area contributed by atoms with Gasteiger partial charge >= 0.3 is 11.9 Å². The molecule has 4 heterocycles. The van der Waals surface area contributed by atoms with Gasteiger partial charge in [-0.25, -0.2) is 4.79 Å². The predicted molar refractivity (Wildman–Crippen MR) is 161 cm³/mol. The van der Waals surface area contributed by atoms with Gasteiger partial charge in [0.2, 0.25) is 6.79 Å². The molecule has 0 amide bonds. The third-order valence-corrected chi connectivity index (χ3v) is 10.2. The smallest absolute Gasteiger partial charge is 0.339 e. The van der Waals surface area contributed by atoms with Gasteiger partial charge in [-0.3, -0.25) is 9.69 Å². The van der Waals surface area contributed by atoms with E-state index in [9.17, 15) is 19.8 Å². The van der Waals surface area contributed by atoms with Gasteiger partial charge < -0.3 is 33.9 Å². The summed E-state index contributed by atoms with van der Waals surface area (Å²) in [5.74, 6) is -0.0722. The molecule has 238 valence electrons. The van der Waals surface area contributed by atoms with Gasteiger partial charge in [0.15, 0.2) is 23.2 Å². The summed E-state index contributed by atoms with van der Waals surface area (Å²) < 4.78 is 29.0. The summed E-state index contributed by atoms with van der Waals surface area (Å²) in [6.45, 7) is 5.26. The lowest BCUT2D eigenvalue weighted by molar-refractivity contribution is -0.179. The number of ether oxygens (including phenoxy) is 5. The van der Waals surface area contributed by atoms with Crippen LogP contribution in [0.1, 0.15) is 74.3 Å². The second kappa shape index (κ2) is 12.0. The van der Waals surface area contributed by atoms with Crippen LogP contribution in [0.3, 0.4) is 0 Å². The van der Waals surface area contributed by atoms with Gasteiger partial charge in [0.25, 0.3) is 0 Å². The van der Waals surface area contributed by atoms with E-state index in [1.54, 1.807) is 21.0 Å². The summed E-state index contributed by atoms with van der Waals surface area (Å²) >= 11 is 1.45. The van der Waals surface area contributed by atoms with Crippen LogP contribution in [0, 0.1) is 0 Å². The molecule has 1 aliphatic carbocycles. The van der Waals surface area contributed by atoms with E-state index >= 15 is 0 Å². The fourth-order valence-corrected chi connectivity index (χ4v) is 7.85. The molecule has 0 bridgehead atoms. The van der Waals surface area contributed by atoms with Crippen molar-refractivity contribution in [1.29, 1.82) is 0 Å². The number of thiophene rings is 1. The van der Waals surface area contributed by atoms with Crippen molar-refractivity contribution >= 4 is 23.3 Å². The van der Waals surface area contributed by atoms with Gasteiger partial charge in [0, 0.05) is 11.4 Å². The Hall–Kier alpha value is -3.12. The Morgan fingerprint density at radius 1 is 1.16 bits per heavy atom. The first-order chi connectivity index (χ1) is 21.0. The highest BCUT2D eigenvalue weighted by Gasteiger charge is 2.59. The molecule has 6 rings (SSSR count). The second-order valence-electron chi connectivity index (χ2n) is 12.9. The van der Waals surface area contributed by atoms with Gasteiger partial charge in [-0.05, 0) is 99.7 Å². The van der Waals surface area contributed by atoms with E-state index in [1.165, 1.54) is 11.3 Å². The summed E-state index contributed by atoms with van der Waals surface area (Å²) in [7, 11) is 1.56. The topological polar surface area (TPSA) is 124 Å². The van der Waals surface area contributed by atoms with Crippen LogP contribution in [0.15, 0.2) is 41.5 Å². The molecule has 3 aliphatic heterocycles. The van der Waals surface area contributed by atoms with Gasteiger partial charge in [-0.15, -0.1) is 11.3 Å². The Balaban J connectivity index is 1.30. The van der Waals surface area contributed by atoms with E-state index in [0.717, 1.165) is 48.4 Å². The summed E-state index contributed by atoms with van der Waals surface area (Å²) in [5.41, 5.74) is -1.51. The number of esters is 2. The fourth-order valence-electron chi connectivity index (χ4n) is 7.23. The van der Waals surface area contributed by atoms with Crippen LogP contribution < -0.4 is 9.47 Å². The van der Waals surface area contributed by atoms with Crippen LogP contribution in [0.2, 0.25) is 0 Å². The third kappa shape index (κ3) is 5.94. The van der Waals surface area contributed by atoms with E-state index in [-0.39, 0.29) is 25.7 Å². The number of benzene rings is 1. The molecule has 0 saturated carbocycles. The Labute approximate surface area is 261 Å². The molecule has 2 unspecified atom stereocenters. The van der Waals surface area contributed by atoms with Crippen molar-refractivity contribution in [2.24, 2.45) is 0 Å². The molecule has 1 saturated heterocycles. The van der Waals surface area contributed by atoms with Crippen molar-refractivity contribution in [2.75, 3.05) is 27.0 Å². The highest BCUT2D eigenvalue weighted by Crippen LogP contribution is 2.55. The summed E-state index contributed by atoms with van der Waals surface area (Å²) in [6, 6.07) is 7.72. The molecule has 2 aromatic rings. The van der Waals surface area contributed by atoms with E-state index in [2.05, 4.69) is 11.0 Å².